The summed E-state index contributed by atoms with van der Waals surface area (Å²) in [7, 11) is -0.986. The molecule has 4 aromatic rings. The monoisotopic (exact) mass is 700 g/mol. The number of aliphatic imine (C=N–C) groups is 1. The molecule has 3 aromatic carbocycles. The summed E-state index contributed by atoms with van der Waals surface area (Å²) in [6, 6.07) is 16.1. The van der Waals surface area contributed by atoms with Crippen molar-refractivity contribution in [3.05, 3.63) is 59.1 Å². The Balaban J connectivity index is 1.38. The molecular formula is C37H46N5O3S2Si. The molecule has 0 spiro atoms. The van der Waals surface area contributed by atoms with Gasteiger partial charge in [0.25, 0.3) is 14.9 Å². The molecule has 0 N–H and O–H groups in total. The molecule has 2 aliphatic rings. The van der Waals surface area contributed by atoms with Gasteiger partial charge < -0.3 is 19.0 Å². The molecule has 1 atom stereocenters. The largest absolute Gasteiger partial charge is 0.541 e. The van der Waals surface area contributed by atoms with Gasteiger partial charge in [-0.2, -0.15) is 0 Å². The number of ether oxygens (including phenoxy) is 1. The van der Waals surface area contributed by atoms with E-state index in [2.05, 4.69) is 108 Å². The van der Waals surface area contributed by atoms with Crippen LogP contribution in [0.3, 0.4) is 0 Å². The molecule has 2 aliphatic heterocycles. The fourth-order valence-electron chi connectivity index (χ4n) is 6.18. The predicted molar refractivity (Wildman–Crippen MR) is 206 cm³/mol. The fraction of sp³-hybridized carbons (Fsp3) is 0.432. The summed E-state index contributed by atoms with van der Waals surface area (Å²) >= 11 is 3.22. The number of fused-ring (bicyclic) bond motifs is 3. The van der Waals surface area contributed by atoms with Crippen LogP contribution in [-0.2, 0) is 10.2 Å². The fourth-order valence-corrected chi connectivity index (χ4v) is 8.90. The first-order chi connectivity index (χ1) is 22.9. The van der Waals surface area contributed by atoms with Crippen molar-refractivity contribution in [1.29, 1.82) is 0 Å². The standard InChI is InChI=1S/C37H46N5O3S2Si/c1-10-40(11-2)24-14-16-27-29(20-24)44-30-21-25(41(12-3)13-4)15-17-28(30)42(27)36(43)26-22-46-34(38-26)35-39-33-31(45-48(8)9)18-23(37(5,6)7)19-32(33)47-35/h14-21,26H,10-13,22H2,1-9H3. The molecule has 1 radical (unpaired) electrons. The van der Waals surface area contributed by atoms with Gasteiger partial charge in [-0.05, 0) is 88.2 Å². The SMILES string of the molecule is CCN(CC)c1ccc2c(c1)Oc1cc(N(CC)CC)ccc1N2C(=O)C1CSC(c2nc3c(O[Si](C)C)cc(C(C)(C)C)cc3s2)=N1. The lowest BCUT2D eigenvalue weighted by Crippen LogP contribution is -2.37. The highest BCUT2D eigenvalue weighted by Gasteiger charge is 2.37. The second-order valence-corrected chi connectivity index (χ2v) is 17.3. The third kappa shape index (κ3) is 6.56. The number of nitrogens with zero attached hydrogens (tertiary/aromatic N) is 5. The van der Waals surface area contributed by atoms with Crippen molar-refractivity contribution in [3.8, 4) is 17.2 Å². The third-order valence-electron chi connectivity index (χ3n) is 8.83. The van der Waals surface area contributed by atoms with Gasteiger partial charge in [-0.1, -0.05) is 20.8 Å². The third-order valence-corrected chi connectivity index (χ3v) is 11.6. The molecule has 0 aliphatic carbocycles. The number of carbonyl (C=O) groups is 1. The van der Waals surface area contributed by atoms with E-state index in [1.807, 2.05) is 17.0 Å². The predicted octanol–water partition coefficient (Wildman–Crippen LogP) is 9.25. The average Bonchev–Trinajstić information content (AvgIpc) is 3.72. The molecular weight excluding hydrogens is 655 g/mol. The number of hydrogen-bond acceptors (Lipinski definition) is 9. The van der Waals surface area contributed by atoms with Crippen LogP contribution in [0.5, 0.6) is 17.2 Å². The van der Waals surface area contributed by atoms with Gasteiger partial charge in [0.05, 0.1) is 16.1 Å². The maximum atomic E-state index is 14.6. The Morgan fingerprint density at radius 3 is 2.04 bits per heavy atom. The van der Waals surface area contributed by atoms with Crippen LogP contribution in [0.2, 0.25) is 13.1 Å². The van der Waals surface area contributed by atoms with Gasteiger partial charge in [0.1, 0.15) is 27.4 Å². The van der Waals surface area contributed by atoms with Gasteiger partial charge in [0.15, 0.2) is 11.5 Å². The Kier molecular flexibility index (Phi) is 9.84. The summed E-state index contributed by atoms with van der Waals surface area (Å²) < 4.78 is 14.0. The molecule has 0 saturated heterocycles. The van der Waals surface area contributed by atoms with E-state index in [0.29, 0.717) is 17.3 Å². The summed E-state index contributed by atoms with van der Waals surface area (Å²) in [5.74, 6) is 2.67. The smallest absolute Gasteiger partial charge is 0.274 e. The Bertz CT molecular complexity index is 1800. The molecule has 1 amide bonds. The van der Waals surface area contributed by atoms with Crippen LogP contribution >= 0.6 is 23.1 Å². The highest BCUT2D eigenvalue weighted by molar-refractivity contribution is 8.15. The summed E-state index contributed by atoms with van der Waals surface area (Å²) in [6.45, 7) is 23.0. The van der Waals surface area contributed by atoms with Gasteiger partial charge >= 0.3 is 0 Å². The molecule has 0 bridgehead atoms. The Morgan fingerprint density at radius 2 is 1.52 bits per heavy atom. The van der Waals surface area contributed by atoms with Crippen LogP contribution in [0.15, 0.2) is 53.5 Å². The number of thioether (sulfide) groups is 1. The van der Waals surface area contributed by atoms with E-state index < -0.39 is 15.1 Å². The van der Waals surface area contributed by atoms with Crippen LogP contribution in [0, 0.1) is 0 Å². The first-order valence-corrected chi connectivity index (χ1v) is 21.1. The average molecular weight is 701 g/mol. The van der Waals surface area contributed by atoms with Crippen molar-refractivity contribution in [2.24, 2.45) is 4.99 Å². The van der Waals surface area contributed by atoms with E-state index in [1.54, 1.807) is 23.1 Å². The van der Waals surface area contributed by atoms with Crippen LogP contribution in [0.4, 0.5) is 22.7 Å². The molecule has 1 unspecified atom stereocenters. The highest BCUT2D eigenvalue weighted by atomic mass is 32.2. The second kappa shape index (κ2) is 13.8. The normalized spacial score (nSPS) is 15.7. The number of amides is 1. The van der Waals surface area contributed by atoms with E-state index in [1.165, 1.54) is 5.56 Å². The molecule has 8 nitrogen and oxygen atoms in total. The lowest BCUT2D eigenvalue weighted by molar-refractivity contribution is -0.118. The topological polar surface area (TPSA) is 70.5 Å². The van der Waals surface area contributed by atoms with Crippen molar-refractivity contribution in [3.63, 3.8) is 0 Å². The molecule has 3 heterocycles. The quantitative estimate of drug-likeness (QED) is 0.153. The Hall–Kier alpha value is -3.54. The van der Waals surface area contributed by atoms with Gasteiger partial charge in [-0.25, -0.2) is 4.98 Å². The molecule has 11 heteroatoms. The molecule has 6 rings (SSSR count). The van der Waals surface area contributed by atoms with Gasteiger partial charge in [0.2, 0.25) is 0 Å². The van der Waals surface area contributed by atoms with Crippen LogP contribution < -0.4 is 23.9 Å². The van der Waals surface area contributed by atoms with Gasteiger partial charge in [-0.3, -0.25) is 14.7 Å². The van der Waals surface area contributed by atoms with Crippen molar-refractivity contribution in [2.75, 3.05) is 46.6 Å². The molecule has 0 fully saturated rings. The number of anilines is 4. The van der Waals surface area contributed by atoms with Crippen LogP contribution in [0.25, 0.3) is 10.2 Å². The zero-order chi connectivity index (χ0) is 34.3. The maximum Gasteiger partial charge on any atom is 0.274 e. The number of rotatable bonds is 10. The van der Waals surface area contributed by atoms with Crippen LogP contribution in [-0.4, -0.2) is 62.9 Å². The van der Waals surface area contributed by atoms with Crippen LogP contribution in [0.1, 0.15) is 59.0 Å². The van der Waals surface area contributed by atoms with Crippen molar-refractivity contribution >= 4 is 76.1 Å². The second-order valence-electron chi connectivity index (χ2n) is 13.3. The molecule has 1 aromatic heterocycles. The summed E-state index contributed by atoms with van der Waals surface area (Å²) in [5.41, 5.74) is 5.68. The van der Waals surface area contributed by atoms with E-state index in [0.717, 1.165) is 74.9 Å². The van der Waals surface area contributed by atoms with Gasteiger partial charge in [0, 0.05) is 55.4 Å². The maximum absolute atomic E-state index is 14.6. The minimum Gasteiger partial charge on any atom is -0.541 e. The van der Waals surface area contributed by atoms with E-state index in [9.17, 15) is 4.79 Å². The number of carbonyl (C=O) groups excluding carboxylic acids is 1. The number of hydrogen-bond donors (Lipinski definition) is 0. The minimum absolute atomic E-state index is 0.0228. The number of thiazole rings is 1. The molecule has 253 valence electrons. The van der Waals surface area contributed by atoms with E-state index in [-0.39, 0.29) is 11.3 Å². The van der Waals surface area contributed by atoms with Crippen molar-refractivity contribution < 1.29 is 14.0 Å². The zero-order valence-electron chi connectivity index (χ0n) is 29.5. The lowest BCUT2D eigenvalue weighted by atomic mass is 9.87. The van der Waals surface area contributed by atoms with E-state index >= 15 is 0 Å². The van der Waals surface area contributed by atoms with Crippen molar-refractivity contribution in [1.82, 2.24) is 4.98 Å². The number of benzene rings is 3. The Labute approximate surface area is 294 Å². The summed E-state index contributed by atoms with van der Waals surface area (Å²) in [6.07, 6.45) is 0. The van der Waals surface area contributed by atoms with Gasteiger partial charge in [-0.15, -0.1) is 23.1 Å². The highest BCUT2D eigenvalue weighted by Crippen LogP contribution is 2.50. The number of aromatic nitrogens is 1. The molecule has 48 heavy (non-hydrogen) atoms. The molecule has 0 saturated carbocycles. The Morgan fingerprint density at radius 1 is 0.938 bits per heavy atom. The first kappa shape index (κ1) is 34.3. The lowest BCUT2D eigenvalue weighted by Gasteiger charge is -2.34. The summed E-state index contributed by atoms with van der Waals surface area (Å²) in [5, 5.41) is 1.64. The zero-order valence-corrected chi connectivity index (χ0v) is 32.1. The minimum atomic E-state index is -0.986. The first-order valence-electron chi connectivity index (χ1n) is 16.9. The van der Waals surface area contributed by atoms with Crippen molar-refractivity contribution in [2.45, 2.75) is 73.0 Å². The summed E-state index contributed by atoms with van der Waals surface area (Å²) in [4.78, 5) is 31.0. The van der Waals surface area contributed by atoms with E-state index in [4.69, 9.17) is 19.1 Å².